The summed E-state index contributed by atoms with van der Waals surface area (Å²) in [6, 6.07) is 0. The van der Waals surface area contributed by atoms with Crippen molar-refractivity contribution >= 4 is 0 Å². The normalized spacial score (nSPS) is 9.67. The van der Waals surface area contributed by atoms with Gasteiger partial charge < -0.3 is 5.73 Å². The van der Waals surface area contributed by atoms with E-state index in [0.29, 0.717) is 0 Å². The Morgan fingerprint density at radius 2 is 1.56 bits per heavy atom. The molecule has 0 aromatic carbocycles. The quantitative estimate of drug-likeness (QED) is 0.526. The summed E-state index contributed by atoms with van der Waals surface area (Å²) in [7, 11) is 0. The van der Waals surface area contributed by atoms with Crippen LogP contribution in [0.25, 0.3) is 0 Å². The van der Waals surface area contributed by atoms with Gasteiger partial charge in [0.15, 0.2) is 0 Å². The van der Waals surface area contributed by atoms with Crippen LogP contribution < -0.4 is 9.67 Å². The van der Waals surface area contributed by atoms with Crippen LogP contribution in [-0.4, -0.2) is 6.54 Å². The molecule has 5 nitrogen and oxygen atoms in total. The van der Waals surface area contributed by atoms with Gasteiger partial charge in [0.05, 0.1) is 6.54 Å². The van der Waals surface area contributed by atoms with Crippen LogP contribution in [0.2, 0.25) is 0 Å². The minimum absolute atomic E-state index is 1.07. The van der Waals surface area contributed by atoms with Crippen molar-refractivity contribution in [3.8, 4) is 0 Å². The van der Waals surface area contributed by atoms with Crippen molar-refractivity contribution in [2.45, 2.75) is 13.3 Å². The molecule has 0 fully saturated rings. The zero-order valence-electron chi connectivity index (χ0n) is 5.11. The first-order chi connectivity index (χ1) is 3.91. The van der Waals surface area contributed by atoms with E-state index in [0.717, 1.165) is 6.54 Å². The van der Waals surface area contributed by atoms with Crippen LogP contribution in [0.4, 0.5) is 0 Å². The molecule has 3 N–H and O–H groups in total. The second-order valence-corrected chi connectivity index (χ2v) is 2.95. The van der Waals surface area contributed by atoms with Crippen LogP contribution in [-0.2, 0) is 25.7 Å². The Morgan fingerprint density at radius 1 is 1.44 bits per heavy atom. The maximum absolute atomic E-state index is 8.61. The Hall–Kier alpha value is -0.0566. The molecular weight excluding hydrogens is 215 g/mol. The van der Waals surface area contributed by atoms with E-state index < -0.39 is 15.0 Å². The molecule has 0 amide bonds. The molecule has 0 aromatic rings. The van der Waals surface area contributed by atoms with E-state index in [1.165, 1.54) is 6.42 Å². The Labute approximate surface area is 55.9 Å². The van der Waals surface area contributed by atoms with Gasteiger partial charge in [-0.15, -0.1) is 0 Å². The van der Waals surface area contributed by atoms with Gasteiger partial charge in [-0.05, 0) is 6.42 Å². The fourth-order valence-corrected chi connectivity index (χ4v) is 0. The van der Waals surface area contributed by atoms with Gasteiger partial charge in [-0.25, -0.2) is 0 Å². The zero-order chi connectivity index (χ0) is 7.91. The Bertz CT molecular complexity index is 159. The average Bonchev–Trinajstić information content (AvgIpc) is 1.61. The summed E-state index contributed by atoms with van der Waals surface area (Å²) in [6.45, 7) is 3.19. The molecule has 0 heterocycles. The molecule has 0 radical (unpaired) electrons. The predicted molar refractivity (Wildman–Crippen MR) is 20.1 cm³/mol. The predicted octanol–water partition coefficient (Wildman–Crippen LogP) is -1.91. The Morgan fingerprint density at radius 3 is 1.56 bits per heavy atom. The van der Waals surface area contributed by atoms with Crippen LogP contribution in [0.3, 0.4) is 0 Å². The third-order valence-electron chi connectivity index (χ3n) is 0.354. The molecule has 0 aromatic heterocycles. The van der Waals surface area contributed by atoms with Crippen LogP contribution in [0, 0.1) is 0 Å². The van der Waals surface area contributed by atoms with Crippen LogP contribution in [0.15, 0.2) is 0 Å². The van der Waals surface area contributed by atoms with E-state index in [2.05, 4.69) is 12.7 Å². The molecule has 0 unspecified atom stereocenters. The number of rotatable bonds is 1. The van der Waals surface area contributed by atoms with Crippen molar-refractivity contribution < 1.29 is 35.4 Å². The Kier molecular flexibility index (Phi) is 7.89. The number of hydrogen-bond donors (Lipinski definition) is 1. The van der Waals surface area contributed by atoms with Gasteiger partial charge in [0.25, 0.3) is 0 Å². The summed E-state index contributed by atoms with van der Waals surface area (Å²) < 4.78 is 34.4. The SMILES string of the molecule is CCC[NH3+].[O]=[Ru](=[O])(=[O])[O-]. The third-order valence-corrected chi connectivity index (χ3v) is 0.354. The van der Waals surface area contributed by atoms with Crippen molar-refractivity contribution in [2.24, 2.45) is 0 Å². The summed E-state index contributed by atoms with van der Waals surface area (Å²) in [5.41, 5.74) is 3.60. The van der Waals surface area contributed by atoms with Gasteiger partial charge in [-0.3, -0.25) is 0 Å². The summed E-state index contributed by atoms with van der Waals surface area (Å²) in [4.78, 5) is 0. The van der Waals surface area contributed by atoms with Gasteiger partial charge in [0.2, 0.25) is 0 Å². The second kappa shape index (κ2) is 6.07. The summed E-state index contributed by atoms with van der Waals surface area (Å²) in [6.07, 6.45) is 1.21. The van der Waals surface area contributed by atoms with Crippen molar-refractivity contribution in [3.63, 3.8) is 0 Å². The molecule has 6 heteroatoms. The molecule has 0 atom stereocenters. The molecule has 9 heavy (non-hydrogen) atoms. The van der Waals surface area contributed by atoms with Gasteiger partial charge in [0.1, 0.15) is 0 Å². The molecule has 0 saturated heterocycles. The molecule has 59 valence electrons. The van der Waals surface area contributed by atoms with Crippen molar-refractivity contribution in [1.82, 2.24) is 0 Å². The topological polar surface area (TPSA) is 102 Å². The standard InChI is InChI=1S/C3H9N.4O.Ru/c1-2-3-4;;;;;/h2-4H2,1H3;;;;;/q;;;;-1;/p+1. The van der Waals surface area contributed by atoms with E-state index in [1.807, 2.05) is 0 Å². The fourth-order valence-electron chi connectivity index (χ4n) is 0. The van der Waals surface area contributed by atoms with E-state index in [4.69, 9.17) is 14.7 Å². The van der Waals surface area contributed by atoms with Gasteiger partial charge in [0, 0.05) is 0 Å². The molecule has 0 bridgehead atoms. The van der Waals surface area contributed by atoms with Gasteiger partial charge in [-0.2, -0.15) is 0 Å². The van der Waals surface area contributed by atoms with Crippen LogP contribution in [0.1, 0.15) is 13.3 Å². The van der Waals surface area contributed by atoms with E-state index in [9.17, 15) is 0 Å². The average molecular weight is 225 g/mol. The molecule has 0 aliphatic rings. The summed E-state index contributed by atoms with van der Waals surface area (Å²) in [5.74, 6) is 0. The zero-order valence-corrected chi connectivity index (χ0v) is 6.85. The van der Waals surface area contributed by atoms with E-state index in [1.54, 1.807) is 0 Å². The van der Waals surface area contributed by atoms with Crippen molar-refractivity contribution in [1.29, 1.82) is 0 Å². The van der Waals surface area contributed by atoms with Crippen LogP contribution >= 0.6 is 0 Å². The fraction of sp³-hybridized carbons (Fsp3) is 1.00. The van der Waals surface area contributed by atoms with Crippen LogP contribution in [0.5, 0.6) is 0 Å². The first-order valence-corrected chi connectivity index (χ1v) is 5.12. The second-order valence-electron chi connectivity index (χ2n) is 1.21. The summed E-state index contributed by atoms with van der Waals surface area (Å²) >= 11 is -5.86. The monoisotopic (exact) mass is 226 g/mol. The Balaban J connectivity index is 0. The van der Waals surface area contributed by atoms with Gasteiger partial charge >= 0.3 is 29.6 Å². The van der Waals surface area contributed by atoms with E-state index in [-0.39, 0.29) is 0 Å². The first-order valence-electron chi connectivity index (χ1n) is 2.28. The molecule has 0 spiro atoms. The molecule has 0 aliphatic heterocycles. The van der Waals surface area contributed by atoms with Crippen molar-refractivity contribution in [2.75, 3.05) is 6.54 Å². The first kappa shape index (κ1) is 11.7. The third kappa shape index (κ3) is 315. The van der Waals surface area contributed by atoms with E-state index >= 15 is 0 Å². The maximum atomic E-state index is 8.61. The summed E-state index contributed by atoms with van der Waals surface area (Å²) in [5, 5.41) is 0. The number of quaternary nitrogens is 1. The number of hydrogen-bond acceptors (Lipinski definition) is 4. The van der Waals surface area contributed by atoms with Crippen molar-refractivity contribution in [3.05, 3.63) is 0 Å². The molecule has 0 rings (SSSR count). The molecule has 0 saturated carbocycles. The minimum atomic E-state index is -5.86. The van der Waals surface area contributed by atoms with Gasteiger partial charge in [-0.1, -0.05) is 6.92 Å². The molecule has 0 aliphatic carbocycles. The molecular formula is C3H10NO4Ru.